The molecule has 3 aliphatic heterocycles. The largest absolute Gasteiger partial charge is 0.371 e. The fourth-order valence-corrected chi connectivity index (χ4v) is 4.89. The lowest BCUT2D eigenvalue weighted by Gasteiger charge is -2.35. The summed E-state index contributed by atoms with van der Waals surface area (Å²) in [7, 11) is 0. The van der Waals surface area contributed by atoms with E-state index < -0.39 is 0 Å². The van der Waals surface area contributed by atoms with E-state index >= 15 is 0 Å². The Kier molecular flexibility index (Phi) is 4.77. The van der Waals surface area contributed by atoms with Crippen LogP contribution in [0.1, 0.15) is 39.1 Å². The summed E-state index contributed by atoms with van der Waals surface area (Å²) >= 11 is 0. The zero-order valence-corrected chi connectivity index (χ0v) is 16.9. The van der Waals surface area contributed by atoms with Crippen molar-refractivity contribution in [3.63, 3.8) is 0 Å². The average Bonchev–Trinajstić information content (AvgIpc) is 3.29. The van der Waals surface area contributed by atoms with Crippen LogP contribution in [0.5, 0.6) is 0 Å². The minimum Gasteiger partial charge on any atom is -0.371 e. The van der Waals surface area contributed by atoms with Crippen molar-refractivity contribution in [2.45, 2.75) is 19.3 Å². The molecule has 0 unspecified atom stereocenters. The Labute approximate surface area is 176 Å². The molecule has 0 N–H and O–H groups in total. The van der Waals surface area contributed by atoms with Crippen molar-refractivity contribution in [1.29, 1.82) is 0 Å². The third-order valence-electron chi connectivity index (χ3n) is 6.60. The number of likely N-dealkylation sites (tertiary alicyclic amines) is 1. The minimum atomic E-state index is -0.369. The second kappa shape index (κ2) is 7.59. The zero-order chi connectivity index (χ0) is 20.7. The van der Waals surface area contributed by atoms with Gasteiger partial charge in [-0.1, -0.05) is 30.3 Å². The molecule has 154 valence electrons. The minimum absolute atomic E-state index is 0.144. The first-order valence-corrected chi connectivity index (χ1v) is 10.7. The van der Waals surface area contributed by atoms with Gasteiger partial charge in [0.2, 0.25) is 5.91 Å². The summed E-state index contributed by atoms with van der Waals surface area (Å²) in [6, 6.07) is 15.3. The lowest BCUT2D eigenvalue weighted by molar-refractivity contribution is -0.132. The van der Waals surface area contributed by atoms with Crippen molar-refractivity contribution in [3.8, 4) is 0 Å². The third-order valence-corrected chi connectivity index (χ3v) is 6.60. The molecule has 2 aromatic rings. The maximum Gasteiger partial charge on any atom is 0.262 e. The summed E-state index contributed by atoms with van der Waals surface area (Å²) in [5.74, 6) is -0.327. The number of carbonyl (C=O) groups excluding carboxylic acids is 3. The van der Waals surface area contributed by atoms with Crippen LogP contribution < -0.4 is 4.90 Å². The molecule has 0 saturated carbocycles. The highest BCUT2D eigenvalue weighted by molar-refractivity contribution is 6.22. The van der Waals surface area contributed by atoms with E-state index in [1.54, 1.807) is 29.2 Å². The van der Waals surface area contributed by atoms with E-state index in [0.29, 0.717) is 30.1 Å². The molecule has 3 aliphatic rings. The second-order valence-corrected chi connectivity index (χ2v) is 8.39. The lowest BCUT2D eigenvalue weighted by Crippen LogP contribution is -2.46. The van der Waals surface area contributed by atoms with Crippen LogP contribution in [0, 0.1) is 5.92 Å². The van der Waals surface area contributed by atoms with Crippen LogP contribution in [0.2, 0.25) is 0 Å². The number of hydrogen-bond acceptors (Lipinski definition) is 4. The predicted molar refractivity (Wildman–Crippen MR) is 113 cm³/mol. The highest BCUT2D eigenvalue weighted by atomic mass is 16.2. The first-order valence-electron chi connectivity index (χ1n) is 10.7. The molecule has 0 spiro atoms. The van der Waals surface area contributed by atoms with E-state index in [4.69, 9.17) is 0 Å². The number of hydrogen-bond donors (Lipinski definition) is 0. The molecule has 3 amide bonds. The van der Waals surface area contributed by atoms with Gasteiger partial charge in [0, 0.05) is 31.9 Å². The smallest absolute Gasteiger partial charge is 0.262 e. The van der Waals surface area contributed by atoms with E-state index in [-0.39, 0.29) is 24.3 Å². The molecule has 1 fully saturated rings. The molecular formula is C24H25N3O3. The van der Waals surface area contributed by atoms with Gasteiger partial charge in [0.1, 0.15) is 6.54 Å². The van der Waals surface area contributed by atoms with Crippen molar-refractivity contribution in [2.75, 3.05) is 37.6 Å². The van der Waals surface area contributed by atoms with Gasteiger partial charge in [-0.15, -0.1) is 0 Å². The highest BCUT2D eigenvalue weighted by Crippen LogP contribution is 2.30. The van der Waals surface area contributed by atoms with Crippen LogP contribution in [0.15, 0.2) is 48.5 Å². The highest BCUT2D eigenvalue weighted by Gasteiger charge is 2.37. The van der Waals surface area contributed by atoms with Crippen LogP contribution in [-0.4, -0.2) is 60.2 Å². The Morgan fingerprint density at radius 2 is 1.50 bits per heavy atom. The SMILES string of the molecule is O=C(CN1C(=O)c2ccccc2C1=O)N1CCC(CN2CCc3ccccc32)CC1. The first-order chi connectivity index (χ1) is 14.6. The Morgan fingerprint density at radius 1 is 0.867 bits per heavy atom. The van der Waals surface area contributed by atoms with Gasteiger partial charge >= 0.3 is 0 Å². The van der Waals surface area contributed by atoms with Gasteiger partial charge in [0.15, 0.2) is 0 Å². The maximum atomic E-state index is 12.8. The maximum absolute atomic E-state index is 12.8. The van der Waals surface area contributed by atoms with Crippen LogP contribution >= 0.6 is 0 Å². The van der Waals surface area contributed by atoms with Gasteiger partial charge in [-0.05, 0) is 48.9 Å². The van der Waals surface area contributed by atoms with E-state index in [0.717, 1.165) is 37.3 Å². The van der Waals surface area contributed by atoms with Gasteiger partial charge < -0.3 is 9.80 Å². The molecule has 0 atom stereocenters. The number of carbonyl (C=O) groups is 3. The molecule has 0 bridgehead atoms. The van der Waals surface area contributed by atoms with Crippen LogP contribution in [0.3, 0.4) is 0 Å². The zero-order valence-electron chi connectivity index (χ0n) is 16.9. The number of imide groups is 1. The summed E-state index contributed by atoms with van der Waals surface area (Å²) in [5.41, 5.74) is 3.55. The summed E-state index contributed by atoms with van der Waals surface area (Å²) in [5, 5.41) is 0. The van der Waals surface area contributed by atoms with Crippen molar-refractivity contribution in [2.24, 2.45) is 5.92 Å². The Balaban J connectivity index is 1.15. The van der Waals surface area contributed by atoms with E-state index in [2.05, 4.69) is 29.2 Å². The fraction of sp³-hybridized carbons (Fsp3) is 0.375. The van der Waals surface area contributed by atoms with Crippen LogP contribution in [0.25, 0.3) is 0 Å². The van der Waals surface area contributed by atoms with Crippen molar-refractivity contribution >= 4 is 23.4 Å². The normalized spacial score (nSPS) is 18.7. The summed E-state index contributed by atoms with van der Waals surface area (Å²) in [6.07, 6.45) is 3.01. The van der Waals surface area contributed by atoms with Crippen molar-refractivity contribution < 1.29 is 14.4 Å². The van der Waals surface area contributed by atoms with Crippen molar-refractivity contribution in [3.05, 3.63) is 65.2 Å². The van der Waals surface area contributed by atoms with Crippen molar-refractivity contribution in [1.82, 2.24) is 9.80 Å². The molecule has 30 heavy (non-hydrogen) atoms. The Hall–Kier alpha value is -3.15. The first kappa shape index (κ1) is 18.9. The van der Waals surface area contributed by atoms with Crippen LogP contribution in [0.4, 0.5) is 5.69 Å². The van der Waals surface area contributed by atoms with Gasteiger partial charge in [-0.2, -0.15) is 0 Å². The average molecular weight is 403 g/mol. The number of nitrogens with zero attached hydrogens (tertiary/aromatic N) is 3. The Morgan fingerprint density at radius 3 is 2.20 bits per heavy atom. The molecule has 6 heteroatoms. The molecule has 0 aliphatic carbocycles. The van der Waals surface area contributed by atoms with Gasteiger partial charge in [0.25, 0.3) is 11.8 Å². The summed E-state index contributed by atoms with van der Waals surface area (Å²) in [4.78, 5) is 43.1. The van der Waals surface area contributed by atoms with Crippen LogP contribution in [-0.2, 0) is 11.2 Å². The number of fused-ring (bicyclic) bond motifs is 2. The number of amides is 3. The number of benzene rings is 2. The topological polar surface area (TPSA) is 60.9 Å². The summed E-state index contributed by atoms with van der Waals surface area (Å²) < 4.78 is 0. The second-order valence-electron chi connectivity index (χ2n) is 8.39. The number of anilines is 1. The van der Waals surface area contributed by atoms with Gasteiger partial charge in [-0.25, -0.2) is 0 Å². The van der Waals surface area contributed by atoms with Gasteiger partial charge in [0.05, 0.1) is 11.1 Å². The van der Waals surface area contributed by atoms with Gasteiger partial charge in [-0.3, -0.25) is 19.3 Å². The molecule has 0 aromatic heterocycles. The molecule has 6 nitrogen and oxygen atoms in total. The molecule has 0 radical (unpaired) electrons. The lowest BCUT2D eigenvalue weighted by atomic mass is 9.96. The summed E-state index contributed by atoms with van der Waals surface area (Å²) in [6.45, 7) is 3.29. The van der Waals surface area contributed by atoms with E-state index in [1.807, 2.05) is 0 Å². The molecule has 3 heterocycles. The third kappa shape index (κ3) is 3.26. The van der Waals surface area contributed by atoms with E-state index in [9.17, 15) is 14.4 Å². The predicted octanol–water partition coefficient (Wildman–Crippen LogP) is 2.58. The standard InChI is InChI=1S/C24H25N3O3/c28-22(16-27-23(29)19-6-2-3-7-20(19)24(27)30)25-12-9-17(10-13-25)15-26-14-11-18-5-1-4-8-21(18)26/h1-8,17H,9-16H2. The molecule has 5 rings (SSSR count). The number of para-hydroxylation sites is 1. The van der Waals surface area contributed by atoms with E-state index in [1.165, 1.54) is 11.3 Å². The quantitative estimate of drug-likeness (QED) is 0.737. The fourth-order valence-electron chi connectivity index (χ4n) is 4.89. The molecular weight excluding hydrogens is 378 g/mol. The molecule has 1 saturated heterocycles. The number of rotatable bonds is 4. The monoisotopic (exact) mass is 403 g/mol. The molecule has 2 aromatic carbocycles. The Bertz CT molecular complexity index is 975. The number of piperidine rings is 1.